The Bertz CT molecular complexity index is 417. The fourth-order valence-corrected chi connectivity index (χ4v) is 1.95. The monoisotopic (exact) mass is 268 g/mol. The Labute approximate surface area is 112 Å². The second kappa shape index (κ2) is 6.07. The predicted molar refractivity (Wildman–Crippen MR) is 73.4 cm³/mol. The van der Waals surface area contributed by atoms with Gasteiger partial charge in [0.15, 0.2) is 0 Å². The molecule has 1 atom stereocenters. The second-order valence-electron chi connectivity index (χ2n) is 4.22. The molecule has 5 heteroatoms. The molecular formula is C13H17ClN2O2. The zero-order valence-corrected chi connectivity index (χ0v) is 11.1. The second-order valence-corrected chi connectivity index (χ2v) is 4.88. The standard InChI is InChI=1S/C13H17ClN2O2/c1-10(14)13(17)15-11-4-2-3-5-12(11)16-6-8-18-9-7-16/h2-5,10H,6-9H2,1H3,(H,15,17)/t10-/m0/s1. The molecule has 0 unspecified atom stereocenters. The number of rotatable bonds is 3. The zero-order chi connectivity index (χ0) is 13.0. The van der Waals surface area contributed by atoms with Crippen LogP contribution in [-0.2, 0) is 9.53 Å². The van der Waals surface area contributed by atoms with Gasteiger partial charge in [-0.15, -0.1) is 11.6 Å². The van der Waals surface area contributed by atoms with Crippen LogP contribution in [0.1, 0.15) is 6.92 Å². The number of carbonyl (C=O) groups excluding carboxylic acids is 1. The molecule has 0 spiro atoms. The molecule has 0 aromatic heterocycles. The molecule has 1 amide bonds. The van der Waals surface area contributed by atoms with Crippen LogP contribution in [0, 0.1) is 0 Å². The average Bonchev–Trinajstić information content (AvgIpc) is 2.40. The summed E-state index contributed by atoms with van der Waals surface area (Å²) in [6, 6.07) is 7.75. The predicted octanol–water partition coefficient (Wildman–Crippen LogP) is 2.09. The molecule has 18 heavy (non-hydrogen) atoms. The average molecular weight is 269 g/mol. The first-order valence-corrected chi connectivity index (χ1v) is 6.49. The first-order valence-electron chi connectivity index (χ1n) is 6.05. The van der Waals surface area contributed by atoms with Crippen molar-refractivity contribution in [3.63, 3.8) is 0 Å². The van der Waals surface area contributed by atoms with Gasteiger partial charge in [0.2, 0.25) is 5.91 Å². The summed E-state index contributed by atoms with van der Waals surface area (Å²) >= 11 is 5.77. The molecule has 0 radical (unpaired) electrons. The summed E-state index contributed by atoms with van der Waals surface area (Å²) in [6.07, 6.45) is 0. The van der Waals surface area contributed by atoms with E-state index in [1.807, 2.05) is 24.3 Å². The highest BCUT2D eigenvalue weighted by Gasteiger charge is 2.16. The van der Waals surface area contributed by atoms with E-state index in [9.17, 15) is 4.79 Å². The summed E-state index contributed by atoms with van der Waals surface area (Å²) in [5.74, 6) is -0.183. The van der Waals surface area contributed by atoms with Crippen LogP contribution in [0.4, 0.5) is 11.4 Å². The summed E-state index contributed by atoms with van der Waals surface area (Å²) in [4.78, 5) is 13.9. The molecule has 4 nitrogen and oxygen atoms in total. The molecule has 1 aromatic rings. The lowest BCUT2D eigenvalue weighted by Crippen LogP contribution is -2.37. The van der Waals surface area contributed by atoms with Gasteiger partial charge in [0.25, 0.3) is 0 Å². The normalized spacial score (nSPS) is 17.3. The quantitative estimate of drug-likeness (QED) is 0.854. The maximum atomic E-state index is 11.7. The van der Waals surface area contributed by atoms with Gasteiger partial charge in [-0.3, -0.25) is 4.79 Å². The number of carbonyl (C=O) groups is 1. The minimum atomic E-state index is -0.539. The van der Waals surface area contributed by atoms with Crippen LogP contribution in [0.2, 0.25) is 0 Å². The number of hydrogen-bond acceptors (Lipinski definition) is 3. The summed E-state index contributed by atoms with van der Waals surface area (Å²) in [5, 5.41) is 2.31. The highest BCUT2D eigenvalue weighted by Crippen LogP contribution is 2.26. The fourth-order valence-electron chi connectivity index (χ4n) is 1.89. The first-order chi connectivity index (χ1) is 8.68. The van der Waals surface area contributed by atoms with E-state index >= 15 is 0 Å². The number of benzene rings is 1. The lowest BCUT2D eigenvalue weighted by molar-refractivity contribution is -0.115. The van der Waals surface area contributed by atoms with Gasteiger partial charge >= 0.3 is 0 Å². The number of anilines is 2. The molecule has 1 fully saturated rings. The number of halogens is 1. The molecule has 1 aliphatic heterocycles. The number of para-hydroxylation sites is 2. The van der Waals surface area contributed by atoms with Crippen LogP contribution in [-0.4, -0.2) is 37.6 Å². The van der Waals surface area contributed by atoms with Crippen molar-refractivity contribution in [2.45, 2.75) is 12.3 Å². The molecule has 1 aliphatic rings. The maximum absolute atomic E-state index is 11.7. The van der Waals surface area contributed by atoms with Gasteiger partial charge in [0.1, 0.15) is 5.38 Å². The van der Waals surface area contributed by atoms with Crippen molar-refractivity contribution in [2.24, 2.45) is 0 Å². The van der Waals surface area contributed by atoms with E-state index in [0.717, 1.165) is 24.5 Å². The van der Waals surface area contributed by atoms with Crippen molar-refractivity contribution in [1.29, 1.82) is 0 Å². The highest BCUT2D eigenvalue weighted by molar-refractivity contribution is 6.32. The van der Waals surface area contributed by atoms with Gasteiger partial charge in [0.05, 0.1) is 24.6 Å². The van der Waals surface area contributed by atoms with Crippen LogP contribution in [0.3, 0.4) is 0 Å². The van der Waals surface area contributed by atoms with Gasteiger partial charge in [-0.1, -0.05) is 12.1 Å². The van der Waals surface area contributed by atoms with Crippen molar-refractivity contribution in [1.82, 2.24) is 0 Å². The Kier molecular flexibility index (Phi) is 4.44. The van der Waals surface area contributed by atoms with Crippen LogP contribution in [0.5, 0.6) is 0 Å². The van der Waals surface area contributed by atoms with Crippen LogP contribution in [0.25, 0.3) is 0 Å². The molecule has 1 saturated heterocycles. The fraction of sp³-hybridized carbons (Fsp3) is 0.462. The molecule has 0 bridgehead atoms. The van der Waals surface area contributed by atoms with E-state index < -0.39 is 5.38 Å². The van der Waals surface area contributed by atoms with E-state index in [2.05, 4.69) is 10.2 Å². The van der Waals surface area contributed by atoms with Gasteiger partial charge in [-0.05, 0) is 19.1 Å². The third kappa shape index (κ3) is 3.15. The highest BCUT2D eigenvalue weighted by atomic mass is 35.5. The van der Waals surface area contributed by atoms with Gasteiger partial charge in [0, 0.05) is 13.1 Å². The van der Waals surface area contributed by atoms with E-state index in [4.69, 9.17) is 16.3 Å². The smallest absolute Gasteiger partial charge is 0.242 e. The lowest BCUT2D eigenvalue weighted by Gasteiger charge is -2.30. The summed E-state index contributed by atoms with van der Waals surface area (Å²) in [6.45, 7) is 4.77. The Balaban J connectivity index is 2.16. The van der Waals surface area contributed by atoms with Gasteiger partial charge < -0.3 is 15.0 Å². The summed E-state index contributed by atoms with van der Waals surface area (Å²) in [5.41, 5.74) is 1.82. The first kappa shape index (κ1) is 13.2. The molecule has 2 rings (SSSR count). The van der Waals surface area contributed by atoms with E-state index in [0.29, 0.717) is 13.2 Å². The van der Waals surface area contributed by atoms with Crippen molar-refractivity contribution < 1.29 is 9.53 Å². The van der Waals surface area contributed by atoms with Crippen LogP contribution in [0.15, 0.2) is 24.3 Å². The SMILES string of the molecule is C[C@H](Cl)C(=O)Nc1ccccc1N1CCOCC1. The molecule has 98 valence electrons. The minimum absolute atomic E-state index is 0.183. The Hall–Kier alpha value is -1.26. The van der Waals surface area contributed by atoms with E-state index in [1.165, 1.54) is 0 Å². The Morgan fingerprint density at radius 1 is 1.39 bits per heavy atom. The number of ether oxygens (including phenoxy) is 1. The van der Waals surface area contributed by atoms with Crippen molar-refractivity contribution >= 4 is 28.9 Å². The van der Waals surface area contributed by atoms with Crippen molar-refractivity contribution in [3.8, 4) is 0 Å². The molecule has 1 heterocycles. The zero-order valence-electron chi connectivity index (χ0n) is 10.4. The minimum Gasteiger partial charge on any atom is -0.378 e. The van der Waals surface area contributed by atoms with Crippen LogP contribution < -0.4 is 10.2 Å². The largest absolute Gasteiger partial charge is 0.378 e. The van der Waals surface area contributed by atoms with Crippen molar-refractivity contribution in [3.05, 3.63) is 24.3 Å². The summed E-state index contributed by atoms with van der Waals surface area (Å²) in [7, 11) is 0. The topological polar surface area (TPSA) is 41.6 Å². The number of morpholine rings is 1. The molecular weight excluding hydrogens is 252 g/mol. The summed E-state index contributed by atoms with van der Waals surface area (Å²) < 4.78 is 5.33. The molecule has 1 N–H and O–H groups in total. The van der Waals surface area contributed by atoms with Gasteiger partial charge in [-0.2, -0.15) is 0 Å². The molecule has 1 aromatic carbocycles. The molecule has 0 saturated carbocycles. The Morgan fingerprint density at radius 2 is 2.06 bits per heavy atom. The number of alkyl halides is 1. The van der Waals surface area contributed by atoms with Crippen LogP contribution >= 0.6 is 11.6 Å². The van der Waals surface area contributed by atoms with Gasteiger partial charge in [-0.25, -0.2) is 0 Å². The third-order valence-electron chi connectivity index (χ3n) is 2.87. The lowest BCUT2D eigenvalue weighted by atomic mass is 10.2. The molecule has 0 aliphatic carbocycles. The number of nitrogens with one attached hydrogen (secondary N) is 1. The Morgan fingerprint density at radius 3 is 2.72 bits per heavy atom. The number of hydrogen-bond donors (Lipinski definition) is 1. The van der Waals surface area contributed by atoms with Crippen molar-refractivity contribution in [2.75, 3.05) is 36.5 Å². The van der Waals surface area contributed by atoms with E-state index in [1.54, 1.807) is 6.92 Å². The number of amides is 1. The maximum Gasteiger partial charge on any atom is 0.242 e. The number of nitrogens with zero attached hydrogens (tertiary/aromatic N) is 1. The third-order valence-corrected chi connectivity index (χ3v) is 3.07. The van der Waals surface area contributed by atoms with E-state index in [-0.39, 0.29) is 5.91 Å².